The molecule has 0 aromatic carbocycles. The molecular weight excluding hydrogens is 198 g/mol. The second kappa shape index (κ2) is 6.28. The molecule has 0 atom stereocenters. The summed E-state index contributed by atoms with van der Waals surface area (Å²) in [7, 11) is 0. The molecule has 0 saturated heterocycles. The minimum Gasteiger partial charge on any atom is -0.339 e. The molecule has 1 fully saturated rings. The van der Waals surface area contributed by atoms with Crippen LogP contribution in [0.25, 0.3) is 0 Å². The number of amides is 1. The van der Waals surface area contributed by atoms with Crippen molar-refractivity contribution < 1.29 is 4.79 Å². The van der Waals surface area contributed by atoms with Gasteiger partial charge >= 0.3 is 0 Å². The molecule has 0 aromatic heterocycles. The van der Waals surface area contributed by atoms with E-state index in [1.54, 1.807) is 0 Å². The first-order valence-electron chi connectivity index (χ1n) is 5.65. The summed E-state index contributed by atoms with van der Waals surface area (Å²) in [5.74, 6) is 0.867. The Morgan fingerprint density at radius 3 is 2.64 bits per heavy atom. The molecule has 2 nitrogen and oxygen atoms in total. The van der Waals surface area contributed by atoms with Gasteiger partial charge in [-0.15, -0.1) is 11.6 Å². The van der Waals surface area contributed by atoms with Gasteiger partial charge < -0.3 is 4.90 Å². The molecule has 1 rings (SSSR count). The van der Waals surface area contributed by atoms with Gasteiger partial charge in [0, 0.05) is 24.9 Å². The minimum absolute atomic E-state index is 0.303. The first kappa shape index (κ1) is 11.8. The summed E-state index contributed by atoms with van der Waals surface area (Å²) in [6.45, 7) is 2.84. The molecule has 14 heavy (non-hydrogen) atoms. The van der Waals surface area contributed by atoms with E-state index in [1.807, 2.05) is 4.90 Å². The molecule has 0 unspecified atom stereocenters. The van der Waals surface area contributed by atoms with Crippen LogP contribution in [0.4, 0.5) is 0 Å². The Hall–Kier alpha value is -0.240. The van der Waals surface area contributed by atoms with E-state index in [9.17, 15) is 4.79 Å². The van der Waals surface area contributed by atoms with Crippen LogP contribution in [0.1, 0.15) is 45.4 Å². The van der Waals surface area contributed by atoms with Crippen LogP contribution in [0, 0.1) is 0 Å². The fourth-order valence-corrected chi connectivity index (χ4v) is 1.95. The van der Waals surface area contributed by atoms with Crippen molar-refractivity contribution in [1.82, 2.24) is 4.90 Å². The first-order chi connectivity index (χ1) is 6.79. The van der Waals surface area contributed by atoms with Crippen molar-refractivity contribution in [2.45, 2.75) is 51.5 Å². The van der Waals surface area contributed by atoms with Gasteiger partial charge in [-0.05, 0) is 25.7 Å². The van der Waals surface area contributed by atoms with E-state index in [1.165, 1.54) is 19.3 Å². The largest absolute Gasteiger partial charge is 0.339 e. The van der Waals surface area contributed by atoms with Crippen molar-refractivity contribution in [3.63, 3.8) is 0 Å². The normalized spacial score (nSPS) is 16.4. The molecule has 0 aliphatic heterocycles. The maximum atomic E-state index is 11.8. The molecule has 3 heteroatoms. The number of halogens is 1. The van der Waals surface area contributed by atoms with E-state index in [0.717, 1.165) is 19.4 Å². The zero-order valence-corrected chi connectivity index (χ0v) is 9.72. The highest BCUT2D eigenvalue weighted by Gasteiger charge is 2.27. The molecule has 0 heterocycles. The van der Waals surface area contributed by atoms with Gasteiger partial charge in [-0.25, -0.2) is 0 Å². The molecule has 1 amide bonds. The third-order valence-corrected chi connectivity index (χ3v) is 3.07. The SMILES string of the molecule is CCCCC(=O)N(CCCl)C1CCC1. The van der Waals surface area contributed by atoms with Gasteiger partial charge in [0.25, 0.3) is 0 Å². The molecule has 0 spiro atoms. The Bertz CT molecular complexity index is 180. The van der Waals surface area contributed by atoms with Crippen LogP contribution in [-0.4, -0.2) is 29.3 Å². The van der Waals surface area contributed by atoms with E-state index in [4.69, 9.17) is 11.6 Å². The summed E-state index contributed by atoms with van der Waals surface area (Å²) in [4.78, 5) is 13.8. The van der Waals surface area contributed by atoms with Crippen LogP contribution in [0.15, 0.2) is 0 Å². The fraction of sp³-hybridized carbons (Fsp3) is 0.909. The monoisotopic (exact) mass is 217 g/mol. The Morgan fingerprint density at radius 2 is 2.21 bits per heavy atom. The topological polar surface area (TPSA) is 20.3 Å². The number of unbranched alkanes of at least 4 members (excludes halogenated alkanes) is 1. The summed E-state index contributed by atoms with van der Waals surface area (Å²) in [6, 6.07) is 0.498. The number of carbonyl (C=O) groups is 1. The number of hydrogen-bond donors (Lipinski definition) is 0. The van der Waals surface area contributed by atoms with E-state index >= 15 is 0 Å². The summed E-state index contributed by atoms with van der Waals surface area (Å²) < 4.78 is 0. The van der Waals surface area contributed by atoms with E-state index < -0.39 is 0 Å². The first-order valence-corrected chi connectivity index (χ1v) is 6.18. The maximum Gasteiger partial charge on any atom is 0.222 e. The molecule has 0 radical (unpaired) electrons. The second-order valence-electron chi connectivity index (χ2n) is 3.96. The van der Waals surface area contributed by atoms with Gasteiger partial charge in [0.15, 0.2) is 0 Å². The Morgan fingerprint density at radius 1 is 1.50 bits per heavy atom. The van der Waals surface area contributed by atoms with E-state index in [2.05, 4.69) is 6.92 Å². The van der Waals surface area contributed by atoms with Gasteiger partial charge in [-0.2, -0.15) is 0 Å². The molecule has 1 saturated carbocycles. The highest BCUT2D eigenvalue weighted by Crippen LogP contribution is 2.25. The van der Waals surface area contributed by atoms with Crippen LogP contribution >= 0.6 is 11.6 Å². The number of carbonyl (C=O) groups excluding carboxylic acids is 1. The molecule has 1 aliphatic carbocycles. The predicted molar refractivity (Wildman–Crippen MR) is 59.6 cm³/mol. The molecule has 1 aliphatic rings. The van der Waals surface area contributed by atoms with Gasteiger partial charge in [0.2, 0.25) is 5.91 Å². The summed E-state index contributed by atoms with van der Waals surface area (Å²) >= 11 is 5.71. The van der Waals surface area contributed by atoms with Crippen LogP contribution in [0.2, 0.25) is 0 Å². The summed E-state index contributed by atoms with van der Waals surface area (Å²) in [6.07, 6.45) is 6.41. The Kier molecular flexibility index (Phi) is 5.31. The van der Waals surface area contributed by atoms with Crippen LogP contribution in [0.5, 0.6) is 0 Å². The van der Waals surface area contributed by atoms with Crippen molar-refractivity contribution in [2.75, 3.05) is 12.4 Å². The van der Waals surface area contributed by atoms with E-state index in [0.29, 0.717) is 24.2 Å². The van der Waals surface area contributed by atoms with Gasteiger partial charge in [0.05, 0.1) is 0 Å². The number of alkyl halides is 1. The molecule has 82 valence electrons. The predicted octanol–water partition coefficient (Wildman–Crippen LogP) is 2.80. The summed E-state index contributed by atoms with van der Waals surface area (Å²) in [5.41, 5.74) is 0. The second-order valence-corrected chi connectivity index (χ2v) is 4.34. The molecular formula is C11H20ClNO. The molecule has 0 N–H and O–H groups in total. The average molecular weight is 218 g/mol. The third kappa shape index (κ3) is 3.16. The van der Waals surface area contributed by atoms with Crippen LogP contribution in [-0.2, 0) is 4.79 Å². The highest BCUT2D eigenvalue weighted by atomic mass is 35.5. The van der Waals surface area contributed by atoms with Crippen molar-refractivity contribution in [3.05, 3.63) is 0 Å². The average Bonchev–Trinajstić information content (AvgIpc) is 2.10. The lowest BCUT2D eigenvalue weighted by Gasteiger charge is -2.37. The van der Waals surface area contributed by atoms with Crippen molar-refractivity contribution in [1.29, 1.82) is 0 Å². The van der Waals surface area contributed by atoms with Gasteiger partial charge in [-0.3, -0.25) is 4.79 Å². The number of nitrogens with zero attached hydrogens (tertiary/aromatic N) is 1. The van der Waals surface area contributed by atoms with Crippen molar-refractivity contribution in [3.8, 4) is 0 Å². The number of rotatable bonds is 6. The van der Waals surface area contributed by atoms with Crippen molar-refractivity contribution in [2.24, 2.45) is 0 Å². The van der Waals surface area contributed by atoms with Gasteiger partial charge in [-0.1, -0.05) is 13.3 Å². The molecule has 0 bridgehead atoms. The van der Waals surface area contributed by atoms with Crippen molar-refractivity contribution >= 4 is 17.5 Å². The lowest BCUT2D eigenvalue weighted by Crippen LogP contribution is -2.45. The fourth-order valence-electron chi connectivity index (χ4n) is 1.77. The quantitative estimate of drug-likeness (QED) is 0.627. The number of hydrogen-bond acceptors (Lipinski definition) is 1. The van der Waals surface area contributed by atoms with E-state index in [-0.39, 0.29) is 0 Å². The minimum atomic E-state index is 0.303. The Balaban J connectivity index is 2.35. The lowest BCUT2D eigenvalue weighted by atomic mass is 9.91. The standard InChI is InChI=1S/C11H20ClNO/c1-2-3-7-11(14)13(9-8-12)10-5-4-6-10/h10H,2-9H2,1H3. The lowest BCUT2D eigenvalue weighted by molar-refractivity contribution is -0.135. The Labute approximate surface area is 91.6 Å². The zero-order valence-electron chi connectivity index (χ0n) is 8.97. The smallest absolute Gasteiger partial charge is 0.222 e. The highest BCUT2D eigenvalue weighted by molar-refractivity contribution is 6.18. The van der Waals surface area contributed by atoms with Crippen LogP contribution < -0.4 is 0 Å². The zero-order chi connectivity index (χ0) is 10.4. The van der Waals surface area contributed by atoms with Gasteiger partial charge in [0.1, 0.15) is 0 Å². The third-order valence-electron chi connectivity index (χ3n) is 2.91. The summed E-state index contributed by atoms with van der Waals surface area (Å²) in [5, 5.41) is 0. The van der Waals surface area contributed by atoms with Crippen LogP contribution in [0.3, 0.4) is 0 Å². The molecule has 0 aromatic rings. The maximum absolute atomic E-state index is 11.8.